The van der Waals surface area contributed by atoms with Gasteiger partial charge in [0.1, 0.15) is 0 Å². The zero-order valence-electron chi connectivity index (χ0n) is 24.4. The van der Waals surface area contributed by atoms with Crippen molar-refractivity contribution in [2.45, 2.75) is 51.6 Å². The summed E-state index contributed by atoms with van der Waals surface area (Å²) in [5.41, 5.74) is 8.24. The lowest BCUT2D eigenvalue weighted by Gasteiger charge is -2.15. The van der Waals surface area contributed by atoms with Crippen molar-refractivity contribution in [1.82, 2.24) is 10.6 Å². The monoisotopic (exact) mass is 598 g/mol. The van der Waals surface area contributed by atoms with Gasteiger partial charge in [0.25, 0.3) is 0 Å². The van der Waals surface area contributed by atoms with Crippen LogP contribution in [-0.2, 0) is 25.9 Å². The largest absolute Gasteiger partial charge is 0.313 e. The SMILES string of the molecule is Cl.Cl.c1ccc(CCCCNCc2ccccc2-c2cc(CNCCCCc3ccccc3)c3ccccc3c2)cc1. The third-order valence-corrected chi connectivity index (χ3v) is 7.73. The molecular weight excluding hydrogens is 555 g/mol. The van der Waals surface area contributed by atoms with E-state index in [2.05, 4.69) is 132 Å². The van der Waals surface area contributed by atoms with Gasteiger partial charge in [0, 0.05) is 13.1 Å². The number of benzene rings is 5. The predicted octanol–water partition coefficient (Wildman–Crippen LogP) is 9.58. The first-order valence-corrected chi connectivity index (χ1v) is 15.0. The molecule has 0 amide bonds. The van der Waals surface area contributed by atoms with E-state index in [1.165, 1.54) is 69.8 Å². The fourth-order valence-electron chi connectivity index (χ4n) is 5.54. The second-order valence-corrected chi connectivity index (χ2v) is 10.8. The molecule has 0 radical (unpaired) electrons. The standard InChI is InChI=1S/C38H42N2.2ClH/c1-3-15-31(16-4-1)19-11-13-25-39-29-34-22-8-10-24-38(34)35-27-33-21-7-9-23-37(33)36(28-35)30-40-26-14-12-20-32-17-5-2-6-18-32;;/h1-10,15-18,21-24,27-28,39-40H,11-14,19-20,25-26,29-30H2;2*1H. The molecule has 0 fully saturated rings. The topological polar surface area (TPSA) is 24.1 Å². The number of fused-ring (bicyclic) bond motifs is 1. The summed E-state index contributed by atoms with van der Waals surface area (Å²) in [7, 11) is 0. The van der Waals surface area contributed by atoms with Crippen molar-refractivity contribution in [1.29, 1.82) is 0 Å². The Hall–Kier alpha value is -3.14. The number of rotatable bonds is 15. The van der Waals surface area contributed by atoms with Crippen molar-refractivity contribution in [2.75, 3.05) is 13.1 Å². The van der Waals surface area contributed by atoms with Gasteiger partial charge < -0.3 is 10.6 Å². The summed E-state index contributed by atoms with van der Waals surface area (Å²) in [6, 6.07) is 44.0. The van der Waals surface area contributed by atoms with E-state index in [0.717, 1.165) is 39.0 Å². The third-order valence-electron chi connectivity index (χ3n) is 7.73. The molecule has 0 spiro atoms. The smallest absolute Gasteiger partial charge is 0.0211 e. The fourth-order valence-corrected chi connectivity index (χ4v) is 5.54. The Morgan fingerprint density at radius 3 is 1.62 bits per heavy atom. The van der Waals surface area contributed by atoms with Crippen LogP contribution in [0.15, 0.2) is 121 Å². The zero-order chi connectivity index (χ0) is 27.2. The molecule has 42 heavy (non-hydrogen) atoms. The van der Waals surface area contributed by atoms with Gasteiger partial charge in [-0.05, 0) is 108 Å². The maximum Gasteiger partial charge on any atom is 0.0211 e. The number of hydrogen-bond acceptors (Lipinski definition) is 2. The summed E-state index contributed by atoms with van der Waals surface area (Å²) >= 11 is 0. The van der Waals surface area contributed by atoms with E-state index in [4.69, 9.17) is 0 Å². The normalized spacial score (nSPS) is 10.7. The van der Waals surface area contributed by atoms with E-state index in [1.54, 1.807) is 0 Å². The minimum atomic E-state index is 0. The van der Waals surface area contributed by atoms with Crippen molar-refractivity contribution >= 4 is 35.6 Å². The maximum atomic E-state index is 3.73. The predicted molar refractivity (Wildman–Crippen MR) is 186 cm³/mol. The van der Waals surface area contributed by atoms with Gasteiger partial charge in [0.2, 0.25) is 0 Å². The van der Waals surface area contributed by atoms with Crippen LogP contribution in [0.3, 0.4) is 0 Å². The molecule has 0 aliphatic carbocycles. The Morgan fingerprint density at radius 2 is 0.976 bits per heavy atom. The van der Waals surface area contributed by atoms with Crippen LogP contribution in [-0.4, -0.2) is 13.1 Å². The zero-order valence-corrected chi connectivity index (χ0v) is 26.1. The van der Waals surface area contributed by atoms with Crippen molar-refractivity contribution in [3.63, 3.8) is 0 Å². The molecule has 4 heteroatoms. The highest BCUT2D eigenvalue weighted by Gasteiger charge is 2.09. The Bertz CT molecular complexity index is 1450. The van der Waals surface area contributed by atoms with Gasteiger partial charge in [0.15, 0.2) is 0 Å². The molecule has 0 heterocycles. The molecule has 5 aromatic carbocycles. The molecule has 2 N–H and O–H groups in total. The van der Waals surface area contributed by atoms with E-state index in [1.807, 2.05) is 0 Å². The highest BCUT2D eigenvalue weighted by atomic mass is 35.5. The van der Waals surface area contributed by atoms with E-state index in [0.29, 0.717) is 0 Å². The van der Waals surface area contributed by atoms with Crippen LogP contribution < -0.4 is 10.6 Å². The van der Waals surface area contributed by atoms with Gasteiger partial charge >= 0.3 is 0 Å². The average Bonchev–Trinajstić information content (AvgIpc) is 3.01. The van der Waals surface area contributed by atoms with E-state index < -0.39 is 0 Å². The highest BCUT2D eigenvalue weighted by Crippen LogP contribution is 2.30. The van der Waals surface area contributed by atoms with Gasteiger partial charge in [-0.3, -0.25) is 0 Å². The minimum absolute atomic E-state index is 0. The summed E-state index contributed by atoms with van der Waals surface area (Å²) in [6.45, 7) is 3.86. The number of halogens is 2. The molecule has 220 valence electrons. The molecule has 2 nitrogen and oxygen atoms in total. The van der Waals surface area contributed by atoms with Gasteiger partial charge in [0.05, 0.1) is 0 Å². The van der Waals surface area contributed by atoms with Crippen LogP contribution in [0.2, 0.25) is 0 Å². The third kappa shape index (κ3) is 10.00. The summed E-state index contributed by atoms with van der Waals surface area (Å²) in [5, 5.41) is 10.1. The van der Waals surface area contributed by atoms with Crippen LogP contribution in [0.5, 0.6) is 0 Å². The average molecular weight is 600 g/mol. The minimum Gasteiger partial charge on any atom is -0.313 e. The van der Waals surface area contributed by atoms with Crippen molar-refractivity contribution in [3.05, 3.63) is 144 Å². The number of hydrogen-bond donors (Lipinski definition) is 2. The molecule has 0 aliphatic rings. The summed E-state index contributed by atoms with van der Waals surface area (Å²) in [5.74, 6) is 0. The van der Waals surface area contributed by atoms with Crippen LogP contribution in [0.25, 0.3) is 21.9 Å². The lowest BCUT2D eigenvalue weighted by molar-refractivity contribution is 0.623. The Labute approximate surface area is 264 Å². The summed E-state index contributed by atoms with van der Waals surface area (Å²) in [6.07, 6.45) is 7.11. The van der Waals surface area contributed by atoms with Gasteiger partial charge in [-0.2, -0.15) is 0 Å². The Balaban J connectivity index is 0.00000242. The molecule has 0 bridgehead atoms. The Kier molecular flexibility index (Phi) is 14.6. The van der Waals surface area contributed by atoms with Crippen LogP contribution in [0.4, 0.5) is 0 Å². The second-order valence-electron chi connectivity index (χ2n) is 10.8. The second kappa shape index (κ2) is 18.4. The number of aryl methyl sites for hydroxylation is 2. The molecule has 0 aromatic heterocycles. The van der Waals surface area contributed by atoms with E-state index >= 15 is 0 Å². The molecule has 0 saturated heterocycles. The molecule has 0 unspecified atom stereocenters. The van der Waals surface area contributed by atoms with Crippen molar-refractivity contribution in [3.8, 4) is 11.1 Å². The van der Waals surface area contributed by atoms with Crippen LogP contribution in [0, 0.1) is 0 Å². The van der Waals surface area contributed by atoms with Gasteiger partial charge in [-0.15, -0.1) is 24.8 Å². The highest BCUT2D eigenvalue weighted by molar-refractivity contribution is 5.90. The van der Waals surface area contributed by atoms with Gasteiger partial charge in [-0.25, -0.2) is 0 Å². The summed E-state index contributed by atoms with van der Waals surface area (Å²) in [4.78, 5) is 0. The molecule has 5 rings (SSSR count). The quantitative estimate of drug-likeness (QED) is 0.117. The first-order chi connectivity index (χ1) is 19.9. The molecule has 0 aliphatic heterocycles. The van der Waals surface area contributed by atoms with E-state index in [9.17, 15) is 0 Å². The van der Waals surface area contributed by atoms with Crippen LogP contribution in [0.1, 0.15) is 47.9 Å². The van der Waals surface area contributed by atoms with Crippen molar-refractivity contribution < 1.29 is 0 Å². The lowest BCUT2D eigenvalue weighted by atomic mass is 9.94. The fraction of sp³-hybridized carbons (Fsp3) is 0.263. The molecule has 0 atom stereocenters. The summed E-state index contributed by atoms with van der Waals surface area (Å²) < 4.78 is 0. The Morgan fingerprint density at radius 1 is 0.452 bits per heavy atom. The molecule has 5 aromatic rings. The van der Waals surface area contributed by atoms with Gasteiger partial charge in [-0.1, -0.05) is 109 Å². The number of unbranched alkanes of at least 4 members (excludes halogenated alkanes) is 2. The first kappa shape index (κ1) is 33.4. The van der Waals surface area contributed by atoms with E-state index in [-0.39, 0.29) is 24.8 Å². The van der Waals surface area contributed by atoms with Crippen molar-refractivity contribution in [2.24, 2.45) is 0 Å². The maximum absolute atomic E-state index is 3.73. The number of nitrogens with one attached hydrogen (secondary N) is 2. The first-order valence-electron chi connectivity index (χ1n) is 15.0. The lowest BCUT2D eigenvalue weighted by Crippen LogP contribution is -2.16. The van der Waals surface area contributed by atoms with Crippen LogP contribution >= 0.6 is 24.8 Å². The molecular formula is C38H44Cl2N2. The molecule has 0 saturated carbocycles.